The number of aliphatic hydroxyl groups excluding tert-OH is 1. The molecule has 1 aliphatic heterocycles. The van der Waals surface area contributed by atoms with E-state index in [0.717, 1.165) is 0 Å². The number of ether oxygens (including phenoxy) is 1. The number of benzene rings is 4. The molecule has 6 N–H and O–H groups in total. The largest absolute Gasteiger partial charge is 0.508 e. The summed E-state index contributed by atoms with van der Waals surface area (Å²) in [5.74, 6) is -1.46. The number of rotatable bonds is 5. The normalized spacial score (nSPS) is 16.7. The van der Waals surface area contributed by atoms with Crippen LogP contribution in [0.1, 0.15) is 44.3 Å². The number of carbonyl (C=O) groups excluding carboxylic acids is 1. The number of Topliss-reactive ketones (excluding diaryl/α,β-unsaturated/α-hetero) is 1. The molecule has 0 saturated carbocycles. The SMILES string of the molecule is O=C1c2c(O)c(Cc3ccc(O)cc3)c(O)c(Cc3ccc(O)cc3)c2O[C@@H](c2ccc(O)cc2)[C@H]1O. The highest BCUT2D eigenvalue weighted by molar-refractivity contribution is 6.06. The number of fused-ring (bicyclic) bond motifs is 1. The van der Waals surface area contributed by atoms with E-state index in [1.54, 1.807) is 24.3 Å². The van der Waals surface area contributed by atoms with Crippen LogP contribution in [-0.2, 0) is 12.8 Å². The monoisotopic (exact) mass is 500 g/mol. The Hall–Kier alpha value is -4.69. The van der Waals surface area contributed by atoms with Crippen molar-refractivity contribution in [2.75, 3.05) is 0 Å². The van der Waals surface area contributed by atoms with Crippen LogP contribution in [-0.4, -0.2) is 42.5 Å². The lowest BCUT2D eigenvalue weighted by Crippen LogP contribution is -2.37. The molecule has 4 aromatic rings. The van der Waals surface area contributed by atoms with Gasteiger partial charge in [0.05, 0.1) is 0 Å². The van der Waals surface area contributed by atoms with E-state index in [4.69, 9.17) is 4.74 Å². The van der Waals surface area contributed by atoms with Crippen LogP contribution in [0.4, 0.5) is 0 Å². The lowest BCUT2D eigenvalue weighted by molar-refractivity contribution is 0.0206. The zero-order valence-electron chi connectivity index (χ0n) is 19.5. The average molecular weight is 501 g/mol. The molecule has 0 bridgehead atoms. The zero-order valence-corrected chi connectivity index (χ0v) is 19.5. The van der Waals surface area contributed by atoms with E-state index in [0.29, 0.717) is 16.7 Å². The molecular weight excluding hydrogens is 476 g/mol. The molecule has 0 amide bonds. The van der Waals surface area contributed by atoms with Crippen LogP contribution >= 0.6 is 0 Å². The van der Waals surface area contributed by atoms with E-state index in [-0.39, 0.29) is 58.3 Å². The number of hydrogen-bond donors (Lipinski definition) is 6. The summed E-state index contributed by atoms with van der Waals surface area (Å²) in [6.45, 7) is 0. The number of ketones is 1. The number of carbonyl (C=O) groups is 1. The Morgan fingerprint density at radius 3 is 1.59 bits per heavy atom. The average Bonchev–Trinajstić information content (AvgIpc) is 2.89. The molecule has 0 spiro atoms. The van der Waals surface area contributed by atoms with Gasteiger partial charge in [-0.15, -0.1) is 0 Å². The van der Waals surface area contributed by atoms with Gasteiger partial charge < -0.3 is 35.4 Å². The summed E-state index contributed by atoms with van der Waals surface area (Å²) in [6, 6.07) is 18.3. The van der Waals surface area contributed by atoms with Crippen molar-refractivity contribution >= 4 is 5.78 Å². The van der Waals surface area contributed by atoms with Gasteiger partial charge in [0.25, 0.3) is 0 Å². The van der Waals surface area contributed by atoms with Gasteiger partial charge in [0, 0.05) is 24.0 Å². The molecule has 0 saturated heterocycles. The first-order valence-electron chi connectivity index (χ1n) is 11.6. The fourth-order valence-electron chi connectivity index (χ4n) is 4.53. The minimum Gasteiger partial charge on any atom is -0.508 e. The molecule has 2 atom stereocenters. The van der Waals surface area contributed by atoms with Crippen LogP contribution in [0, 0.1) is 0 Å². The number of aromatic hydroxyl groups is 5. The molecule has 4 aromatic carbocycles. The standard InChI is InChI=1S/C29H24O8/c30-18-7-1-15(2-8-18)13-21-24(33)22(14-16-3-9-19(31)10-4-16)29-23(25(21)34)26(35)27(36)28(37-29)17-5-11-20(32)12-6-17/h1-12,27-28,30-34,36H,13-14H2/t27-,28-/m0/s1. The smallest absolute Gasteiger partial charge is 0.202 e. The van der Waals surface area contributed by atoms with Crippen LogP contribution in [0.25, 0.3) is 0 Å². The van der Waals surface area contributed by atoms with Gasteiger partial charge in [-0.05, 0) is 53.1 Å². The number of hydrogen-bond acceptors (Lipinski definition) is 8. The van der Waals surface area contributed by atoms with E-state index in [2.05, 4.69) is 0 Å². The van der Waals surface area contributed by atoms with Crippen molar-refractivity contribution in [3.63, 3.8) is 0 Å². The number of phenols is 5. The van der Waals surface area contributed by atoms with Gasteiger partial charge in [-0.25, -0.2) is 0 Å². The van der Waals surface area contributed by atoms with Crippen molar-refractivity contribution in [3.8, 4) is 34.5 Å². The Bertz CT molecular complexity index is 1460. The van der Waals surface area contributed by atoms with E-state index < -0.39 is 23.7 Å². The zero-order chi connectivity index (χ0) is 26.3. The van der Waals surface area contributed by atoms with Crippen LogP contribution < -0.4 is 4.74 Å². The van der Waals surface area contributed by atoms with E-state index in [9.17, 15) is 35.4 Å². The fraction of sp³-hybridized carbons (Fsp3) is 0.138. The van der Waals surface area contributed by atoms with E-state index >= 15 is 0 Å². The molecular formula is C29H24O8. The second kappa shape index (κ2) is 9.40. The number of aliphatic hydroxyl groups is 1. The van der Waals surface area contributed by atoms with Crippen molar-refractivity contribution in [2.45, 2.75) is 25.0 Å². The minimum absolute atomic E-state index is 0.00274. The van der Waals surface area contributed by atoms with Crippen LogP contribution in [0.5, 0.6) is 34.5 Å². The first-order valence-corrected chi connectivity index (χ1v) is 11.6. The van der Waals surface area contributed by atoms with Gasteiger partial charge in [-0.3, -0.25) is 4.79 Å². The highest BCUT2D eigenvalue weighted by Gasteiger charge is 2.42. The quantitative estimate of drug-likeness (QED) is 0.240. The van der Waals surface area contributed by atoms with Gasteiger partial charge in [0.15, 0.2) is 12.2 Å². The number of phenolic OH excluding ortho intramolecular Hbond substituents is 5. The van der Waals surface area contributed by atoms with Crippen LogP contribution in [0.2, 0.25) is 0 Å². The maximum absolute atomic E-state index is 13.4. The summed E-state index contributed by atoms with van der Waals surface area (Å²) < 4.78 is 6.10. The van der Waals surface area contributed by atoms with Crippen molar-refractivity contribution in [3.05, 3.63) is 106 Å². The van der Waals surface area contributed by atoms with Crippen LogP contribution in [0.3, 0.4) is 0 Å². The fourth-order valence-corrected chi connectivity index (χ4v) is 4.53. The second-order valence-electron chi connectivity index (χ2n) is 8.98. The molecule has 0 fully saturated rings. The summed E-state index contributed by atoms with van der Waals surface area (Å²) >= 11 is 0. The molecule has 1 heterocycles. The lowest BCUT2D eigenvalue weighted by Gasteiger charge is -2.33. The van der Waals surface area contributed by atoms with Crippen molar-refractivity contribution in [1.29, 1.82) is 0 Å². The summed E-state index contributed by atoms with van der Waals surface area (Å²) in [6.07, 6.45) is -2.64. The molecule has 5 rings (SSSR count). The minimum atomic E-state index is -1.64. The van der Waals surface area contributed by atoms with Gasteiger partial charge in [0.2, 0.25) is 5.78 Å². The molecule has 1 aliphatic rings. The van der Waals surface area contributed by atoms with Gasteiger partial charge >= 0.3 is 0 Å². The first kappa shape index (κ1) is 24.0. The Labute approximate surface area is 211 Å². The van der Waals surface area contributed by atoms with E-state index in [1.807, 2.05) is 0 Å². The summed E-state index contributed by atoms with van der Waals surface area (Å²) in [7, 11) is 0. The maximum atomic E-state index is 13.4. The molecule has 0 radical (unpaired) electrons. The summed E-state index contributed by atoms with van der Waals surface area (Å²) in [5.41, 5.74) is 1.85. The molecule has 188 valence electrons. The molecule has 37 heavy (non-hydrogen) atoms. The van der Waals surface area contributed by atoms with Gasteiger partial charge in [-0.1, -0.05) is 36.4 Å². The van der Waals surface area contributed by atoms with Gasteiger partial charge in [-0.2, -0.15) is 0 Å². The van der Waals surface area contributed by atoms with Crippen molar-refractivity contribution in [2.24, 2.45) is 0 Å². The lowest BCUT2D eigenvalue weighted by atomic mass is 9.86. The Kier molecular flexibility index (Phi) is 6.11. The maximum Gasteiger partial charge on any atom is 0.202 e. The molecule has 0 unspecified atom stereocenters. The molecule has 8 heteroatoms. The highest BCUT2D eigenvalue weighted by Crippen LogP contribution is 2.49. The van der Waals surface area contributed by atoms with E-state index in [1.165, 1.54) is 48.5 Å². The predicted molar refractivity (Wildman–Crippen MR) is 133 cm³/mol. The first-order chi connectivity index (χ1) is 17.7. The third-order valence-corrected chi connectivity index (χ3v) is 6.50. The highest BCUT2D eigenvalue weighted by atomic mass is 16.5. The summed E-state index contributed by atoms with van der Waals surface area (Å²) in [4.78, 5) is 13.4. The Morgan fingerprint density at radius 2 is 1.08 bits per heavy atom. The molecule has 8 nitrogen and oxygen atoms in total. The van der Waals surface area contributed by atoms with Crippen LogP contribution in [0.15, 0.2) is 72.8 Å². The summed E-state index contributed by atoms with van der Waals surface area (Å²) in [5, 5.41) is 62.3. The van der Waals surface area contributed by atoms with Crippen molar-refractivity contribution < 1.29 is 40.2 Å². The Balaban J connectivity index is 1.67. The van der Waals surface area contributed by atoms with Gasteiger partial charge in [0.1, 0.15) is 40.1 Å². The van der Waals surface area contributed by atoms with Crippen molar-refractivity contribution in [1.82, 2.24) is 0 Å². The topological polar surface area (TPSA) is 148 Å². The third kappa shape index (κ3) is 4.50. The molecule has 0 aliphatic carbocycles. The predicted octanol–water partition coefficient (Wildman–Crippen LogP) is 4.07. The Morgan fingerprint density at radius 1 is 0.622 bits per heavy atom. The third-order valence-electron chi connectivity index (χ3n) is 6.50. The molecule has 0 aromatic heterocycles. The second-order valence-corrected chi connectivity index (χ2v) is 8.98.